The van der Waals surface area contributed by atoms with Crippen LogP contribution in [-0.4, -0.2) is 285 Å². The smallest absolute Gasteiger partial charge is 0.246 e. The van der Waals surface area contributed by atoms with Gasteiger partial charge in [0, 0.05) is 74.7 Å². The Morgan fingerprint density at radius 1 is 0.529 bits per heavy atom. The van der Waals surface area contributed by atoms with E-state index in [0.29, 0.717) is 63.0 Å². The number of unbranched alkanes of at least 4 members (excludes halogenated alkanes) is 3. The summed E-state index contributed by atoms with van der Waals surface area (Å²) in [7, 11) is 8.53. The average Bonchev–Trinajstić information content (AvgIpc) is 1.03. The summed E-state index contributed by atoms with van der Waals surface area (Å²) >= 11 is 0. The van der Waals surface area contributed by atoms with Gasteiger partial charge < -0.3 is 70.6 Å². The monoisotopic (exact) mass is 1460 g/mol. The largest absolute Gasteiger partial charge is 0.390 e. The van der Waals surface area contributed by atoms with Crippen molar-refractivity contribution in [2.24, 2.45) is 35.5 Å². The zero-order valence-corrected chi connectivity index (χ0v) is 66.4. The number of amides is 11. The number of hydrogen-bond acceptors (Lipinski definition) is 18. The first-order chi connectivity index (χ1) is 48.8. The second-order valence-electron chi connectivity index (χ2n) is 30.8. The van der Waals surface area contributed by atoms with Crippen molar-refractivity contribution in [1.29, 1.82) is 0 Å². The number of carbonyl (C=O) groups excluding carboxylic acids is 11. The van der Waals surface area contributed by atoms with Crippen molar-refractivity contribution >= 4 is 76.1 Å². The summed E-state index contributed by atoms with van der Waals surface area (Å²) in [6, 6.07) is -10.8. The summed E-state index contributed by atoms with van der Waals surface area (Å²) in [6.07, 6.45) is 3.16. The highest BCUT2D eigenvalue weighted by Crippen LogP contribution is 2.25. The summed E-state index contributed by atoms with van der Waals surface area (Å²) in [6.45, 7) is 31.8. The lowest BCUT2D eigenvalue weighted by Crippen LogP contribution is -2.64. The fourth-order valence-electron chi connectivity index (χ4n) is 13.5. The highest BCUT2D eigenvalue weighted by molar-refractivity contribution is 6.00. The predicted molar refractivity (Wildman–Crippen MR) is 395 cm³/mol. The van der Waals surface area contributed by atoms with Gasteiger partial charge >= 0.3 is 0 Å². The number of fused-ring (bicyclic) bond motifs is 1. The number of aliphatic hydroxyl groups is 1. The molecule has 2 aliphatic rings. The number of aliphatic hydroxyl groups excluding tert-OH is 1. The van der Waals surface area contributed by atoms with Crippen LogP contribution in [0.25, 0.3) is 11.2 Å². The van der Waals surface area contributed by atoms with Crippen LogP contribution in [0.1, 0.15) is 175 Å². The minimum absolute atomic E-state index is 0.0286. The van der Waals surface area contributed by atoms with Gasteiger partial charge in [-0.15, -0.1) is 5.10 Å². The zero-order valence-electron chi connectivity index (χ0n) is 66.4. The Hall–Kier alpha value is -7.44. The number of aryl methyl sites for hydroxylation is 1. The molecular weight excluding hydrogens is 1340 g/mol. The van der Waals surface area contributed by atoms with Crippen LogP contribution in [-0.2, 0) is 68.8 Å². The molecule has 0 unspecified atom stereocenters. The molecule has 11 amide bonds. The van der Waals surface area contributed by atoms with E-state index in [-0.39, 0.29) is 50.0 Å². The van der Waals surface area contributed by atoms with E-state index in [0.717, 1.165) is 31.0 Å². The molecule has 6 N–H and O–H groups in total. The minimum Gasteiger partial charge on any atom is -0.390 e. The summed E-state index contributed by atoms with van der Waals surface area (Å²) in [5.41, 5.74) is 1.31. The Labute approximate surface area is 617 Å². The summed E-state index contributed by atoms with van der Waals surface area (Å²) < 4.78 is 13.6. The first kappa shape index (κ1) is 89.0. The second-order valence-corrected chi connectivity index (χ2v) is 30.8. The van der Waals surface area contributed by atoms with E-state index >= 15 is 28.8 Å². The van der Waals surface area contributed by atoms with Gasteiger partial charge in [0.15, 0.2) is 5.65 Å². The van der Waals surface area contributed by atoms with E-state index in [4.69, 9.17) is 9.47 Å². The van der Waals surface area contributed by atoms with Gasteiger partial charge in [0.25, 0.3) is 0 Å². The van der Waals surface area contributed by atoms with E-state index < -0.39 is 161 Å². The molecule has 0 spiro atoms. The predicted octanol–water partition coefficient (Wildman–Crippen LogP) is 3.22. The van der Waals surface area contributed by atoms with Crippen molar-refractivity contribution < 1.29 is 67.3 Å². The highest BCUT2D eigenvalue weighted by Gasteiger charge is 2.45. The third-order valence-corrected chi connectivity index (χ3v) is 20.2. The Bertz CT molecular complexity index is 3160. The van der Waals surface area contributed by atoms with Crippen molar-refractivity contribution in [3.8, 4) is 0 Å². The molecule has 2 aromatic heterocycles. The average molecular weight is 1470 g/mol. The van der Waals surface area contributed by atoms with Crippen LogP contribution in [0.4, 0.5) is 0 Å². The molecule has 30 nitrogen and oxygen atoms in total. The first-order valence-electron chi connectivity index (χ1n) is 37.6. The molecule has 30 heteroatoms. The van der Waals surface area contributed by atoms with E-state index in [1.165, 1.54) is 87.6 Å². The molecule has 2 saturated heterocycles. The van der Waals surface area contributed by atoms with E-state index in [9.17, 15) is 29.1 Å². The number of likely N-dealkylation sites (N-methyl/N-ethyl adjacent to an activating group) is 6. The SMILES string of the molecule is CC[C@@H]1NC(=O)[C@H]([C@H](O)[C@H](C)CCCCCn2nnc3cccnc32)NC(=O)[C@H](C(C)C)N(C)C(=O)[C@H](CC(C)C)N(C)C(=O)[C@H](CC(C)C)N(C)C(=O)[C@@H](C)NC(=O)[C@H](C)NC(=O)[C@H](CC(C)C)N(C)C(=O)[C@H](C(C)C)NC(=O)[C@H]([C@@H](C)OCCCCN2CCOCC2)N(C)C(=O)[C@@H](C)N(C)C1=O. The van der Waals surface area contributed by atoms with Crippen molar-refractivity contribution in [1.82, 2.24) is 80.9 Å². The number of rotatable bonds is 24. The maximum Gasteiger partial charge on any atom is 0.246 e. The van der Waals surface area contributed by atoms with Gasteiger partial charge in [0.05, 0.1) is 25.4 Å². The third-order valence-electron chi connectivity index (χ3n) is 20.2. The molecule has 4 heterocycles. The number of hydrogen-bond donors (Lipinski definition) is 6. The number of carbonyl (C=O) groups is 11. The van der Waals surface area contributed by atoms with Crippen LogP contribution in [0.2, 0.25) is 0 Å². The Kier molecular flexibility index (Phi) is 36.0. The van der Waals surface area contributed by atoms with Gasteiger partial charge in [-0.3, -0.25) is 57.6 Å². The molecule has 0 aromatic carbocycles. The number of morpholine rings is 1. The third kappa shape index (κ3) is 24.8. The fourth-order valence-corrected chi connectivity index (χ4v) is 13.5. The van der Waals surface area contributed by atoms with Gasteiger partial charge in [0.2, 0.25) is 65.0 Å². The van der Waals surface area contributed by atoms with E-state index in [1.54, 1.807) is 65.4 Å². The van der Waals surface area contributed by atoms with E-state index in [2.05, 4.69) is 46.8 Å². The van der Waals surface area contributed by atoms with E-state index in [1.807, 2.05) is 47.6 Å². The van der Waals surface area contributed by atoms with Crippen molar-refractivity contribution in [3.05, 3.63) is 18.3 Å². The van der Waals surface area contributed by atoms with Crippen LogP contribution in [0, 0.1) is 35.5 Å². The van der Waals surface area contributed by atoms with Gasteiger partial charge in [0.1, 0.15) is 72.0 Å². The van der Waals surface area contributed by atoms with Gasteiger partial charge in [-0.05, 0) is 133 Å². The molecule has 2 aromatic rings. The van der Waals surface area contributed by atoms with Gasteiger partial charge in [-0.1, -0.05) is 101 Å². The molecule has 2 fully saturated rings. The highest BCUT2D eigenvalue weighted by atomic mass is 16.5. The molecule has 588 valence electrons. The number of ether oxygens (including phenoxy) is 2. The standard InChI is InChI=1S/C74H128N16O14/c1-23-53-71(99)83(17)51(15)70(98)88(22)61(52(16)104-37-28-27-33-89-35-38-103-39-36-89)68(96)79-58(46(8)9)74(102)84(18)55(40-43(2)3)65(93)76-49(13)64(92)77-50(14)69(97)85(19)56(41-44(4)5)72(100)86(20)57(42-45(6)7)73(101)87(21)60(47(10)11)67(95)80-59(66(94)78-53)62(91)48(12)30-25-24-26-34-90-63-54(81-82-90)31-29-32-75-63/h29,31-32,43-53,55-62,91H,23-28,30,33-42H2,1-22H3,(H,76,93)(H,77,92)(H,78,94)(H,79,96)(H,80,95)/t48-,49+,50-,51-,52-,53+,55+,56+,57+,58+,59+,60+,61+,62-/m1/s1. The van der Waals surface area contributed by atoms with Crippen LogP contribution < -0.4 is 26.6 Å². The number of aromatic nitrogens is 4. The Balaban J connectivity index is 1.86. The summed E-state index contributed by atoms with van der Waals surface area (Å²) in [5, 5.41) is 34.8. The first-order valence-corrected chi connectivity index (χ1v) is 37.6. The Morgan fingerprint density at radius 2 is 1.06 bits per heavy atom. The topological polar surface area (TPSA) is 353 Å². The molecule has 0 radical (unpaired) electrons. The molecule has 0 bridgehead atoms. The molecule has 2 aliphatic heterocycles. The quantitative estimate of drug-likeness (QED) is 0.0822. The lowest BCUT2D eigenvalue weighted by atomic mass is 9.91. The second kappa shape index (κ2) is 42.0. The maximum absolute atomic E-state index is 15.3. The number of nitrogens with one attached hydrogen (secondary N) is 5. The number of pyridine rings is 1. The molecule has 104 heavy (non-hydrogen) atoms. The van der Waals surface area contributed by atoms with Crippen LogP contribution in [0.15, 0.2) is 18.3 Å². The fraction of sp³-hybridized carbons (Fsp3) is 0.784. The molecule has 4 rings (SSSR count). The number of nitrogens with zero attached hydrogens (tertiary/aromatic N) is 11. The zero-order chi connectivity index (χ0) is 78.3. The van der Waals surface area contributed by atoms with Crippen molar-refractivity contribution in [2.75, 3.05) is 81.7 Å². The van der Waals surface area contributed by atoms with Crippen LogP contribution >= 0.6 is 0 Å². The van der Waals surface area contributed by atoms with Crippen LogP contribution in [0.3, 0.4) is 0 Å². The van der Waals surface area contributed by atoms with Crippen LogP contribution in [0.5, 0.6) is 0 Å². The summed E-state index contributed by atoms with van der Waals surface area (Å²) in [5.74, 6) is -10.3. The van der Waals surface area contributed by atoms with Gasteiger partial charge in [-0.2, -0.15) is 0 Å². The van der Waals surface area contributed by atoms with Crippen molar-refractivity contribution in [3.63, 3.8) is 0 Å². The maximum atomic E-state index is 15.3. The van der Waals surface area contributed by atoms with Gasteiger partial charge in [-0.25, -0.2) is 9.67 Å². The summed E-state index contributed by atoms with van der Waals surface area (Å²) in [4.78, 5) is 178. The molecule has 14 atom stereocenters. The molecule has 0 saturated carbocycles. The normalized spacial score (nSPS) is 26.1. The lowest BCUT2D eigenvalue weighted by molar-refractivity contribution is -0.154. The molecule has 0 aliphatic carbocycles. The minimum atomic E-state index is -1.72. The lowest BCUT2D eigenvalue weighted by Gasteiger charge is -2.40. The van der Waals surface area contributed by atoms with Crippen molar-refractivity contribution in [2.45, 2.75) is 260 Å². The molecular formula is C74H128N16O14. The Morgan fingerprint density at radius 3 is 1.63 bits per heavy atom.